The molecule has 0 radical (unpaired) electrons. The quantitative estimate of drug-likeness (QED) is 0.496. The molecule has 1 fully saturated rings. The summed E-state index contributed by atoms with van der Waals surface area (Å²) >= 11 is 0. The normalized spacial score (nSPS) is 20.1. The number of carbonyl (C=O) groups excluding carboxylic acids is 2. The molecule has 3 N–H and O–H groups in total. The van der Waals surface area contributed by atoms with E-state index >= 15 is 0 Å². The Hall–Kier alpha value is -1.93. The van der Waals surface area contributed by atoms with E-state index in [0.717, 1.165) is 0 Å². The summed E-state index contributed by atoms with van der Waals surface area (Å²) in [5, 5.41) is 2.96. The highest BCUT2D eigenvalue weighted by Crippen LogP contribution is 2.21. The molecule has 0 aromatic heterocycles. The van der Waals surface area contributed by atoms with Crippen molar-refractivity contribution in [3.63, 3.8) is 0 Å². The third-order valence-electron chi connectivity index (χ3n) is 2.75. The molecule has 2 amide bonds. The van der Waals surface area contributed by atoms with Gasteiger partial charge in [-0.15, -0.1) is 0 Å². The Kier molecular flexibility index (Phi) is 3.54. The zero-order valence-corrected chi connectivity index (χ0v) is 10.6. The molecule has 1 saturated heterocycles. The van der Waals surface area contributed by atoms with E-state index in [4.69, 9.17) is 0 Å². The molecule has 8 heteroatoms. The fraction of sp³-hybridized carbons (Fsp3) is 0.273. The van der Waals surface area contributed by atoms with Gasteiger partial charge in [0.1, 0.15) is 6.04 Å². The van der Waals surface area contributed by atoms with Crippen molar-refractivity contribution in [3.05, 3.63) is 35.9 Å². The highest BCUT2D eigenvalue weighted by Gasteiger charge is 2.37. The number of hydrogen-bond acceptors (Lipinski definition) is 4. The summed E-state index contributed by atoms with van der Waals surface area (Å²) < 4.78 is 31.9. The van der Waals surface area contributed by atoms with Crippen molar-refractivity contribution >= 4 is 21.9 Å². The zero-order valence-electron chi connectivity index (χ0n) is 9.74. The number of nitrogens with one attached hydrogen (secondary N) is 2. The Balaban J connectivity index is 2.24. The molecular formula is C11H12N2O5S. The van der Waals surface area contributed by atoms with Crippen molar-refractivity contribution in [2.24, 2.45) is 0 Å². The van der Waals surface area contributed by atoms with Gasteiger partial charge in [-0.2, -0.15) is 8.42 Å². The maximum Gasteiger partial charge on any atom is 0.281 e. The molecule has 2 unspecified atom stereocenters. The summed E-state index contributed by atoms with van der Waals surface area (Å²) in [7, 11) is -4.61. The molecule has 0 bridgehead atoms. The van der Waals surface area contributed by atoms with E-state index in [1.54, 1.807) is 18.2 Å². The summed E-state index contributed by atoms with van der Waals surface area (Å²) in [5.41, 5.74) is 0.141. The van der Waals surface area contributed by atoms with Gasteiger partial charge < -0.3 is 10.6 Å². The summed E-state index contributed by atoms with van der Waals surface area (Å²) in [4.78, 5) is 22.9. The van der Waals surface area contributed by atoms with Crippen LogP contribution in [0, 0.1) is 0 Å². The van der Waals surface area contributed by atoms with E-state index in [1.807, 2.05) is 0 Å². The Labute approximate surface area is 109 Å². The molecular weight excluding hydrogens is 272 g/mol. The standard InChI is InChI=1S/C11H12N2O5S/c14-10-8(6-12-10)13-11(15)9(19(16,17)18)7-4-2-1-3-5-7/h1-5,8-9H,6H2,(H,12,14)(H,13,15)(H,16,17,18). The second-order valence-electron chi connectivity index (χ2n) is 4.11. The number of carbonyl (C=O) groups is 2. The van der Waals surface area contributed by atoms with Crippen LogP contribution < -0.4 is 10.6 Å². The van der Waals surface area contributed by atoms with Crippen LogP contribution in [0.15, 0.2) is 30.3 Å². The van der Waals surface area contributed by atoms with Crippen LogP contribution in [-0.2, 0) is 19.7 Å². The van der Waals surface area contributed by atoms with Gasteiger partial charge in [0, 0.05) is 6.54 Å². The SMILES string of the molecule is O=C1NCC1NC(=O)C(c1ccccc1)S(=O)(=O)O. The van der Waals surface area contributed by atoms with E-state index < -0.39 is 27.3 Å². The highest BCUT2D eigenvalue weighted by atomic mass is 32.2. The molecule has 1 aromatic rings. The Bertz CT molecular complexity index is 599. The lowest BCUT2D eigenvalue weighted by molar-refractivity contribution is -0.133. The van der Waals surface area contributed by atoms with Crippen LogP contribution in [0.2, 0.25) is 0 Å². The first-order valence-electron chi connectivity index (χ1n) is 5.49. The fourth-order valence-electron chi connectivity index (χ4n) is 1.74. The molecule has 19 heavy (non-hydrogen) atoms. The Morgan fingerprint density at radius 2 is 2.00 bits per heavy atom. The molecule has 0 saturated carbocycles. The third kappa shape index (κ3) is 2.91. The summed E-state index contributed by atoms with van der Waals surface area (Å²) in [6.07, 6.45) is 0. The van der Waals surface area contributed by atoms with Crippen LogP contribution >= 0.6 is 0 Å². The number of rotatable bonds is 4. The van der Waals surface area contributed by atoms with Crippen molar-refractivity contribution in [1.29, 1.82) is 0 Å². The maximum absolute atomic E-state index is 11.9. The average molecular weight is 284 g/mol. The summed E-state index contributed by atoms with van der Waals surface area (Å²) in [5.74, 6) is -1.30. The maximum atomic E-state index is 11.9. The minimum absolute atomic E-state index is 0.141. The summed E-state index contributed by atoms with van der Waals surface area (Å²) in [6, 6.07) is 6.84. The van der Waals surface area contributed by atoms with Crippen LogP contribution in [0.25, 0.3) is 0 Å². The van der Waals surface area contributed by atoms with Gasteiger partial charge in [-0.1, -0.05) is 30.3 Å². The van der Waals surface area contributed by atoms with Gasteiger partial charge in [0.2, 0.25) is 11.8 Å². The van der Waals surface area contributed by atoms with Crippen molar-refractivity contribution in [2.45, 2.75) is 11.3 Å². The fourth-order valence-corrected chi connectivity index (χ4v) is 2.58. The van der Waals surface area contributed by atoms with Crippen molar-refractivity contribution in [1.82, 2.24) is 10.6 Å². The van der Waals surface area contributed by atoms with Crippen LogP contribution in [0.5, 0.6) is 0 Å². The molecule has 0 spiro atoms. The molecule has 2 rings (SSSR count). The van der Waals surface area contributed by atoms with Gasteiger partial charge in [-0.25, -0.2) is 0 Å². The second kappa shape index (κ2) is 4.98. The van der Waals surface area contributed by atoms with E-state index in [-0.39, 0.29) is 18.0 Å². The first-order chi connectivity index (χ1) is 8.89. The molecule has 1 aliphatic rings. The van der Waals surface area contributed by atoms with Gasteiger partial charge >= 0.3 is 0 Å². The number of amides is 2. The van der Waals surface area contributed by atoms with Crippen molar-refractivity contribution < 1.29 is 22.6 Å². The second-order valence-corrected chi connectivity index (χ2v) is 5.61. The van der Waals surface area contributed by atoms with E-state index in [1.165, 1.54) is 12.1 Å². The van der Waals surface area contributed by atoms with Gasteiger partial charge in [0.15, 0.2) is 5.25 Å². The smallest absolute Gasteiger partial charge is 0.281 e. The van der Waals surface area contributed by atoms with Crippen molar-refractivity contribution in [3.8, 4) is 0 Å². The third-order valence-corrected chi connectivity index (χ3v) is 3.83. The topological polar surface area (TPSA) is 113 Å². The van der Waals surface area contributed by atoms with Crippen LogP contribution in [0.3, 0.4) is 0 Å². The monoisotopic (exact) mass is 284 g/mol. The number of hydrogen-bond donors (Lipinski definition) is 3. The van der Waals surface area contributed by atoms with Crippen molar-refractivity contribution in [2.75, 3.05) is 6.54 Å². The van der Waals surface area contributed by atoms with Gasteiger partial charge in [0.25, 0.3) is 10.1 Å². The minimum atomic E-state index is -4.61. The molecule has 102 valence electrons. The molecule has 7 nitrogen and oxygen atoms in total. The molecule has 0 aliphatic carbocycles. The van der Waals surface area contributed by atoms with Crippen LogP contribution in [-0.4, -0.2) is 37.4 Å². The van der Waals surface area contributed by atoms with Gasteiger partial charge in [0.05, 0.1) is 0 Å². The first-order valence-corrected chi connectivity index (χ1v) is 6.99. The average Bonchev–Trinajstić information content (AvgIpc) is 2.34. The molecule has 1 heterocycles. The molecule has 1 aliphatic heterocycles. The molecule has 1 aromatic carbocycles. The lowest BCUT2D eigenvalue weighted by Crippen LogP contribution is -2.62. The highest BCUT2D eigenvalue weighted by molar-refractivity contribution is 7.86. The number of benzene rings is 1. The minimum Gasteiger partial charge on any atom is -0.352 e. The Morgan fingerprint density at radius 3 is 2.42 bits per heavy atom. The van der Waals surface area contributed by atoms with E-state index in [9.17, 15) is 22.6 Å². The molecule has 2 atom stereocenters. The summed E-state index contributed by atoms with van der Waals surface area (Å²) in [6.45, 7) is 0.248. The predicted octanol–water partition coefficient (Wildman–Crippen LogP) is -0.770. The number of β-lactam (4-membered cyclic amide) rings is 1. The van der Waals surface area contributed by atoms with Gasteiger partial charge in [-0.05, 0) is 5.56 Å². The van der Waals surface area contributed by atoms with E-state index in [2.05, 4.69) is 10.6 Å². The largest absolute Gasteiger partial charge is 0.352 e. The lowest BCUT2D eigenvalue weighted by Gasteiger charge is -2.28. The van der Waals surface area contributed by atoms with Crippen LogP contribution in [0.4, 0.5) is 0 Å². The zero-order chi connectivity index (χ0) is 14.0. The predicted molar refractivity (Wildman–Crippen MR) is 65.7 cm³/mol. The lowest BCUT2D eigenvalue weighted by atomic mass is 10.1. The van der Waals surface area contributed by atoms with Gasteiger partial charge in [-0.3, -0.25) is 14.1 Å². The van der Waals surface area contributed by atoms with Crippen LogP contribution in [0.1, 0.15) is 10.8 Å². The first kappa shape index (κ1) is 13.5. The Morgan fingerprint density at radius 1 is 1.37 bits per heavy atom. The van der Waals surface area contributed by atoms with E-state index in [0.29, 0.717) is 0 Å².